The monoisotopic (exact) mass is 364 g/mol. The molecule has 26 heavy (non-hydrogen) atoms. The molecule has 0 heterocycles. The lowest BCUT2D eigenvalue weighted by atomic mass is 9.93. The minimum Gasteiger partial charge on any atom is -0.480 e. The van der Waals surface area contributed by atoms with Gasteiger partial charge in [-0.1, -0.05) is 44.7 Å². The van der Waals surface area contributed by atoms with Gasteiger partial charge in [-0.05, 0) is 37.0 Å². The molecule has 1 amide bonds. The van der Waals surface area contributed by atoms with E-state index < -0.39 is 12.0 Å². The summed E-state index contributed by atoms with van der Waals surface area (Å²) in [5.74, 6) is -1.32. The summed E-state index contributed by atoms with van der Waals surface area (Å²) < 4.78 is 13.1. The molecule has 144 valence electrons. The first kappa shape index (κ1) is 20.4. The second kappa shape index (κ2) is 10.3. The van der Waals surface area contributed by atoms with Gasteiger partial charge in [-0.15, -0.1) is 0 Å². The normalized spacial score (nSPS) is 16.2. The molecule has 2 rings (SSSR count). The average molecular weight is 364 g/mol. The van der Waals surface area contributed by atoms with Gasteiger partial charge in [-0.25, -0.2) is 4.39 Å². The molecule has 1 aromatic rings. The molecule has 0 saturated heterocycles. The number of nitrogens with one attached hydrogen (secondary N) is 1. The number of benzene rings is 1. The van der Waals surface area contributed by atoms with E-state index in [0.717, 1.165) is 37.7 Å². The molecule has 1 atom stereocenters. The maximum atomic E-state index is 13.1. The standard InChI is InChI=1S/C20H29FN2O3/c1-2-6-18(20(25)26)22-13-19(24)23(17-7-4-3-5-8-17)14-15-9-11-16(21)12-10-15/h9-12,17-18,22H,2-8,13-14H2,1H3,(H,25,26). The van der Waals surface area contributed by atoms with Crippen LogP contribution in [0, 0.1) is 5.82 Å². The van der Waals surface area contributed by atoms with Gasteiger partial charge >= 0.3 is 5.97 Å². The average Bonchev–Trinajstić information content (AvgIpc) is 2.65. The Balaban J connectivity index is 2.05. The number of carboxylic acid groups (broad SMARTS) is 1. The van der Waals surface area contributed by atoms with Crippen molar-refractivity contribution in [3.05, 3.63) is 35.6 Å². The number of hydrogen-bond acceptors (Lipinski definition) is 3. The summed E-state index contributed by atoms with van der Waals surface area (Å²) in [6, 6.07) is 5.66. The Labute approximate surface area is 154 Å². The highest BCUT2D eigenvalue weighted by molar-refractivity contribution is 5.80. The molecule has 0 aliphatic heterocycles. The Kier molecular flexibility index (Phi) is 8.04. The van der Waals surface area contributed by atoms with E-state index in [-0.39, 0.29) is 24.3 Å². The van der Waals surface area contributed by atoms with Gasteiger partial charge in [0.2, 0.25) is 5.91 Å². The second-order valence-corrected chi connectivity index (χ2v) is 7.00. The number of amides is 1. The molecule has 1 saturated carbocycles. The Morgan fingerprint density at radius 1 is 1.23 bits per heavy atom. The number of hydrogen-bond donors (Lipinski definition) is 2. The Morgan fingerprint density at radius 2 is 1.88 bits per heavy atom. The first-order valence-electron chi connectivity index (χ1n) is 9.51. The quantitative estimate of drug-likeness (QED) is 0.705. The van der Waals surface area contributed by atoms with E-state index in [0.29, 0.717) is 13.0 Å². The van der Waals surface area contributed by atoms with Gasteiger partial charge in [0.1, 0.15) is 11.9 Å². The van der Waals surface area contributed by atoms with E-state index >= 15 is 0 Å². The molecule has 0 bridgehead atoms. The summed E-state index contributed by atoms with van der Waals surface area (Å²) in [5.41, 5.74) is 0.883. The van der Waals surface area contributed by atoms with Crippen LogP contribution in [0.3, 0.4) is 0 Å². The summed E-state index contributed by atoms with van der Waals surface area (Å²) in [6.45, 7) is 2.36. The van der Waals surface area contributed by atoms with Crippen LogP contribution in [0.5, 0.6) is 0 Å². The summed E-state index contributed by atoms with van der Waals surface area (Å²) in [4.78, 5) is 26.0. The van der Waals surface area contributed by atoms with Gasteiger partial charge in [0.25, 0.3) is 0 Å². The lowest BCUT2D eigenvalue weighted by molar-refractivity contribution is -0.140. The highest BCUT2D eigenvalue weighted by Gasteiger charge is 2.26. The molecule has 1 aromatic carbocycles. The smallest absolute Gasteiger partial charge is 0.320 e. The fourth-order valence-corrected chi connectivity index (χ4v) is 3.51. The lowest BCUT2D eigenvalue weighted by Gasteiger charge is -2.35. The van der Waals surface area contributed by atoms with Gasteiger partial charge in [0.15, 0.2) is 0 Å². The van der Waals surface area contributed by atoms with Crippen molar-refractivity contribution in [1.29, 1.82) is 0 Å². The van der Waals surface area contributed by atoms with Crippen LogP contribution < -0.4 is 5.32 Å². The first-order chi connectivity index (χ1) is 12.5. The molecule has 0 aromatic heterocycles. The van der Waals surface area contributed by atoms with E-state index in [1.807, 2.05) is 11.8 Å². The molecular formula is C20H29FN2O3. The third-order valence-electron chi connectivity index (χ3n) is 4.98. The molecule has 1 fully saturated rings. The summed E-state index contributed by atoms with van der Waals surface area (Å²) in [5, 5.41) is 12.1. The van der Waals surface area contributed by atoms with E-state index in [2.05, 4.69) is 5.32 Å². The summed E-state index contributed by atoms with van der Waals surface area (Å²) in [7, 11) is 0. The van der Waals surface area contributed by atoms with E-state index in [1.54, 1.807) is 12.1 Å². The fraction of sp³-hybridized carbons (Fsp3) is 0.600. The third kappa shape index (κ3) is 6.09. The van der Waals surface area contributed by atoms with Crippen molar-refractivity contribution >= 4 is 11.9 Å². The first-order valence-corrected chi connectivity index (χ1v) is 9.51. The molecule has 0 radical (unpaired) electrons. The minimum atomic E-state index is -0.928. The summed E-state index contributed by atoms with van der Waals surface area (Å²) >= 11 is 0. The molecule has 0 spiro atoms. The topological polar surface area (TPSA) is 69.6 Å². The Bertz CT molecular complexity index is 585. The molecule has 1 aliphatic rings. The van der Waals surface area contributed by atoms with Crippen LogP contribution in [-0.2, 0) is 16.1 Å². The zero-order valence-corrected chi connectivity index (χ0v) is 15.4. The van der Waals surface area contributed by atoms with Crippen molar-refractivity contribution in [3.8, 4) is 0 Å². The zero-order valence-electron chi connectivity index (χ0n) is 15.4. The fourth-order valence-electron chi connectivity index (χ4n) is 3.51. The van der Waals surface area contributed by atoms with Gasteiger partial charge in [-0.3, -0.25) is 14.9 Å². The molecule has 1 unspecified atom stereocenters. The number of rotatable bonds is 9. The zero-order chi connectivity index (χ0) is 18.9. The van der Waals surface area contributed by atoms with Crippen LogP contribution in [0.25, 0.3) is 0 Å². The maximum Gasteiger partial charge on any atom is 0.320 e. The second-order valence-electron chi connectivity index (χ2n) is 7.00. The van der Waals surface area contributed by atoms with Crippen LogP contribution in [0.1, 0.15) is 57.4 Å². The Hall–Kier alpha value is -1.95. The van der Waals surface area contributed by atoms with Gasteiger partial charge in [0.05, 0.1) is 6.54 Å². The van der Waals surface area contributed by atoms with Crippen molar-refractivity contribution < 1.29 is 19.1 Å². The van der Waals surface area contributed by atoms with Crippen molar-refractivity contribution in [3.63, 3.8) is 0 Å². The predicted molar refractivity (Wildman–Crippen MR) is 98.2 cm³/mol. The van der Waals surface area contributed by atoms with Crippen LogP contribution in [0.4, 0.5) is 4.39 Å². The number of carbonyl (C=O) groups is 2. The number of carboxylic acids is 1. The number of halogens is 1. The highest BCUT2D eigenvalue weighted by atomic mass is 19.1. The Morgan fingerprint density at radius 3 is 2.46 bits per heavy atom. The molecule has 5 nitrogen and oxygen atoms in total. The predicted octanol–water partition coefficient (Wildman–Crippen LogP) is 3.33. The number of aliphatic carboxylic acids is 1. The minimum absolute atomic E-state index is 0.00859. The third-order valence-corrected chi connectivity index (χ3v) is 4.98. The maximum absolute atomic E-state index is 13.1. The lowest BCUT2D eigenvalue weighted by Crippen LogP contribution is -2.48. The van der Waals surface area contributed by atoms with E-state index in [1.165, 1.54) is 18.6 Å². The molecule has 1 aliphatic carbocycles. The van der Waals surface area contributed by atoms with Gasteiger partial charge < -0.3 is 10.0 Å². The van der Waals surface area contributed by atoms with E-state index in [9.17, 15) is 19.1 Å². The largest absolute Gasteiger partial charge is 0.480 e. The molecular weight excluding hydrogens is 335 g/mol. The number of carbonyl (C=O) groups excluding carboxylic acids is 1. The SMILES string of the molecule is CCCC(NCC(=O)N(Cc1ccc(F)cc1)C1CCCCC1)C(=O)O. The van der Waals surface area contributed by atoms with Gasteiger partial charge in [0, 0.05) is 12.6 Å². The van der Waals surface area contributed by atoms with Crippen molar-refractivity contribution in [2.75, 3.05) is 6.54 Å². The van der Waals surface area contributed by atoms with E-state index in [4.69, 9.17) is 0 Å². The van der Waals surface area contributed by atoms with Crippen molar-refractivity contribution in [2.24, 2.45) is 0 Å². The molecule has 2 N–H and O–H groups in total. The van der Waals surface area contributed by atoms with Crippen molar-refractivity contribution in [2.45, 2.75) is 70.5 Å². The van der Waals surface area contributed by atoms with Crippen LogP contribution >= 0.6 is 0 Å². The summed E-state index contributed by atoms with van der Waals surface area (Å²) in [6.07, 6.45) is 6.53. The van der Waals surface area contributed by atoms with Crippen molar-refractivity contribution in [1.82, 2.24) is 10.2 Å². The van der Waals surface area contributed by atoms with Crippen LogP contribution in [-0.4, -0.2) is 40.5 Å². The van der Waals surface area contributed by atoms with Gasteiger partial charge in [-0.2, -0.15) is 0 Å². The molecule has 6 heteroatoms. The number of nitrogens with zero attached hydrogens (tertiary/aromatic N) is 1. The van der Waals surface area contributed by atoms with Crippen LogP contribution in [0.2, 0.25) is 0 Å². The van der Waals surface area contributed by atoms with Crippen LogP contribution in [0.15, 0.2) is 24.3 Å². The highest BCUT2D eigenvalue weighted by Crippen LogP contribution is 2.24.